The maximum Gasteiger partial charge on any atom is 0.159 e. The monoisotopic (exact) mass is 167 g/mol. The van der Waals surface area contributed by atoms with Gasteiger partial charge >= 0.3 is 0 Å². The minimum absolute atomic E-state index is 0.0151. The van der Waals surface area contributed by atoms with E-state index in [-0.39, 0.29) is 5.72 Å². The van der Waals surface area contributed by atoms with Crippen LogP contribution in [0.2, 0.25) is 0 Å². The van der Waals surface area contributed by atoms with Crippen LogP contribution in [0, 0.1) is 0 Å². The Morgan fingerprint density at radius 2 is 2.08 bits per heavy atom. The number of hydrogen-bond donors (Lipinski definition) is 0. The zero-order chi connectivity index (χ0) is 9.19. The van der Waals surface area contributed by atoms with Crippen LogP contribution >= 0.6 is 0 Å². The Balaban J connectivity index is 2.17. The van der Waals surface area contributed by atoms with Crippen molar-refractivity contribution in [2.75, 3.05) is 6.54 Å². The van der Waals surface area contributed by atoms with Crippen LogP contribution in [-0.2, 0) is 4.84 Å². The van der Waals surface area contributed by atoms with Gasteiger partial charge in [0.1, 0.15) is 0 Å². The SMILES string of the molecule is CC(C)=C=CCCN1OC1(C)C. The first-order chi connectivity index (χ1) is 5.52. The second-order valence-electron chi connectivity index (χ2n) is 3.78. The highest BCUT2D eigenvalue weighted by Crippen LogP contribution is 2.32. The van der Waals surface area contributed by atoms with Gasteiger partial charge in [0, 0.05) is 6.54 Å². The Morgan fingerprint density at radius 3 is 2.50 bits per heavy atom. The summed E-state index contributed by atoms with van der Waals surface area (Å²) in [5, 5.41) is 1.98. The molecule has 12 heavy (non-hydrogen) atoms. The molecule has 1 unspecified atom stereocenters. The second-order valence-corrected chi connectivity index (χ2v) is 3.78. The molecule has 1 saturated heterocycles. The van der Waals surface area contributed by atoms with Crippen LogP contribution in [0.25, 0.3) is 0 Å². The molecule has 1 aliphatic rings. The zero-order valence-corrected chi connectivity index (χ0v) is 8.35. The summed E-state index contributed by atoms with van der Waals surface area (Å²) < 4.78 is 0. The molecule has 0 aliphatic carbocycles. The molecule has 1 atom stereocenters. The molecule has 68 valence electrons. The fourth-order valence-corrected chi connectivity index (χ4v) is 1.02. The van der Waals surface area contributed by atoms with Crippen LogP contribution in [0.3, 0.4) is 0 Å². The third-order valence-corrected chi connectivity index (χ3v) is 1.77. The zero-order valence-electron chi connectivity index (χ0n) is 8.35. The van der Waals surface area contributed by atoms with E-state index in [1.54, 1.807) is 0 Å². The molecule has 0 aromatic heterocycles. The molecule has 1 fully saturated rings. The summed E-state index contributed by atoms with van der Waals surface area (Å²) in [7, 11) is 0. The first-order valence-electron chi connectivity index (χ1n) is 4.37. The van der Waals surface area contributed by atoms with E-state index >= 15 is 0 Å². The van der Waals surface area contributed by atoms with Crippen LogP contribution < -0.4 is 0 Å². The van der Waals surface area contributed by atoms with Crippen molar-refractivity contribution in [2.24, 2.45) is 0 Å². The lowest BCUT2D eigenvalue weighted by atomic mass is 10.3. The smallest absolute Gasteiger partial charge is 0.159 e. The highest BCUT2D eigenvalue weighted by molar-refractivity contribution is 4.94. The topological polar surface area (TPSA) is 15.5 Å². The van der Waals surface area contributed by atoms with Crippen LogP contribution in [-0.4, -0.2) is 17.3 Å². The predicted molar refractivity (Wildman–Crippen MR) is 49.4 cm³/mol. The average Bonchev–Trinajstić information content (AvgIpc) is 2.51. The Bertz CT molecular complexity index is 220. The van der Waals surface area contributed by atoms with Gasteiger partial charge in [-0.2, -0.15) is 5.06 Å². The summed E-state index contributed by atoms with van der Waals surface area (Å²) in [6.07, 6.45) is 3.07. The molecule has 0 radical (unpaired) electrons. The summed E-state index contributed by atoms with van der Waals surface area (Å²) in [4.78, 5) is 5.29. The largest absolute Gasteiger partial charge is 0.272 e. The summed E-state index contributed by atoms with van der Waals surface area (Å²) >= 11 is 0. The van der Waals surface area contributed by atoms with Crippen molar-refractivity contribution >= 4 is 0 Å². The van der Waals surface area contributed by atoms with Crippen molar-refractivity contribution in [3.05, 3.63) is 17.4 Å². The molecular formula is C10H17NO. The van der Waals surface area contributed by atoms with Gasteiger partial charge in [0.05, 0.1) is 0 Å². The van der Waals surface area contributed by atoms with Gasteiger partial charge in [-0.05, 0) is 45.8 Å². The van der Waals surface area contributed by atoms with E-state index in [0.717, 1.165) is 13.0 Å². The van der Waals surface area contributed by atoms with E-state index in [4.69, 9.17) is 4.84 Å². The molecule has 0 amide bonds. The Morgan fingerprint density at radius 1 is 1.50 bits per heavy atom. The van der Waals surface area contributed by atoms with E-state index in [1.807, 2.05) is 18.9 Å². The maximum atomic E-state index is 5.29. The van der Waals surface area contributed by atoms with Gasteiger partial charge in [-0.15, -0.1) is 5.73 Å². The van der Waals surface area contributed by atoms with Crippen molar-refractivity contribution in [3.63, 3.8) is 0 Å². The maximum absolute atomic E-state index is 5.29. The van der Waals surface area contributed by atoms with Crippen molar-refractivity contribution in [3.8, 4) is 0 Å². The minimum atomic E-state index is -0.0151. The molecule has 2 nitrogen and oxygen atoms in total. The van der Waals surface area contributed by atoms with Crippen molar-refractivity contribution in [1.29, 1.82) is 0 Å². The molecule has 1 rings (SSSR count). The molecular weight excluding hydrogens is 150 g/mol. The van der Waals surface area contributed by atoms with E-state index in [9.17, 15) is 0 Å². The van der Waals surface area contributed by atoms with Gasteiger partial charge < -0.3 is 0 Å². The summed E-state index contributed by atoms with van der Waals surface area (Å²) in [5.74, 6) is 0. The molecule has 0 aromatic rings. The van der Waals surface area contributed by atoms with Crippen LogP contribution in [0.1, 0.15) is 34.1 Å². The van der Waals surface area contributed by atoms with Crippen molar-refractivity contribution < 1.29 is 4.84 Å². The molecule has 0 aromatic carbocycles. The standard InChI is InChI=1S/C10H17NO/c1-9(2)7-5-6-8-11-10(3,4)12-11/h5H,6,8H2,1-4H3. The molecule has 0 N–H and O–H groups in total. The lowest BCUT2D eigenvalue weighted by molar-refractivity contribution is 0.197. The summed E-state index contributed by atoms with van der Waals surface area (Å²) in [6, 6.07) is 0. The second kappa shape index (κ2) is 3.44. The lowest BCUT2D eigenvalue weighted by Gasteiger charge is -1.94. The highest BCUT2D eigenvalue weighted by atomic mass is 16.9. The van der Waals surface area contributed by atoms with Crippen LogP contribution in [0.4, 0.5) is 0 Å². The first kappa shape index (κ1) is 9.53. The van der Waals surface area contributed by atoms with Gasteiger partial charge in [0.25, 0.3) is 0 Å². The highest BCUT2D eigenvalue weighted by Gasteiger charge is 2.44. The summed E-state index contributed by atoms with van der Waals surface area (Å²) in [6.45, 7) is 9.20. The number of nitrogens with zero attached hydrogens (tertiary/aromatic N) is 1. The van der Waals surface area contributed by atoms with Crippen molar-refractivity contribution in [2.45, 2.75) is 39.8 Å². The van der Waals surface area contributed by atoms with Gasteiger partial charge in [-0.1, -0.05) is 0 Å². The third kappa shape index (κ3) is 2.82. The summed E-state index contributed by atoms with van der Waals surface area (Å²) in [5.41, 5.74) is 4.37. The molecule has 0 spiro atoms. The average molecular weight is 167 g/mol. The molecule has 1 heterocycles. The lowest BCUT2D eigenvalue weighted by Crippen LogP contribution is -2.09. The van der Waals surface area contributed by atoms with Crippen molar-refractivity contribution in [1.82, 2.24) is 5.06 Å². The van der Waals surface area contributed by atoms with E-state index < -0.39 is 0 Å². The van der Waals surface area contributed by atoms with E-state index in [1.165, 1.54) is 5.57 Å². The number of rotatable bonds is 3. The molecule has 0 saturated carbocycles. The predicted octanol–water partition coefficient (Wildman–Crippen LogP) is 2.48. The number of hydroxylamine groups is 2. The van der Waals surface area contributed by atoms with Crippen LogP contribution in [0.5, 0.6) is 0 Å². The number of hydrogen-bond acceptors (Lipinski definition) is 2. The van der Waals surface area contributed by atoms with Crippen LogP contribution in [0.15, 0.2) is 17.4 Å². The normalized spacial score (nSPS) is 24.5. The quantitative estimate of drug-likeness (QED) is 0.474. The van der Waals surface area contributed by atoms with Gasteiger partial charge in [-0.25, -0.2) is 0 Å². The third-order valence-electron chi connectivity index (χ3n) is 1.77. The van der Waals surface area contributed by atoms with E-state index in [2.05, 4.69) is 25.7 Å². The van der Waals surface area contributed by atoms with Gasteiger partial charge in [0.15, 0.2) is 5.72 Å². The Kier molecular flexibility index (Phi) is 2.73. The minimum Gasteiger partial charge on any atom is -0.272 e. The molecule has 0 bridgehead atoms. The Labute approximate surface area is 74.5 Å². The molecule has 1 aliphatic heterocycles. The van der Waals surface area contributed by atoms with E-state index in [0.29, 0.717) is 0 Å². The Hall–Kier alpha value is -0.560. The van der Waals surface area contributed by atoms with Gasteiger partial charge in [-0.3, -0.25) is 4.84 Å². The van der Waals surface area contributed by atoms with Gasteiger partial charge in [0.2, 0.25) is 0 Å². The first-order valence-corrected chi connectivity index (χ1v) is 4.37. The fraction of sp³-hybridized carbons (Fsp3) is 0.700. The molecule has 2 heteroatoms. The fourth-order valence-electron chi connectivity index (χ4n) is 1.02.